The van der Waals surface area contributed by atoms with Gasteiger partial charge in [-0.25, -0.2) is 4.68 Å². The second kappa shape index (κ2) is 7.79. The fraction of sp³-hybridized carbons (Fsp3) is 0.500. The average molecular weight is 400 g/mol. The monoisotopic (exact) mass is 399 g/mol. The molecule has 28 heavy (non-hydrogen) atoms. The Morgan fingerprint density at radius 1 is 1.18 bits per heavy atom. The molecule has 2 saturated heterocycles. The number of morpholine rings is 1. The molecule has 0 spiro atoms. The molecule has 0 radical (unpaired) electrons. The molecule has 148 valence electrons. The number of fused-ring (bicyclic) bond motifs is 1. The summed E-state index contributed by atoms with van der Waals surface area (Å²) in [7, 11) is 0. The topological polar surface area (TPSA) is 60.2 Å². The molecule has 1 aromatic carbocycles. The van der Waals surface area contributed by atoms with E-state index in [-0.39, 0.29) is 6.10 Å². The van der Waals surface area contributed by atoms with Crippen LogP contribution >= 0.6 is 12.2 Å². The van der Waals surface area contributed by atoms with E-state index in [1.807, 2.05) is 16.9 Å². The molecule has 0 unspecified atom stereocenters. The van der Waals surface area contributed by atoms with Gasteiger partial charge >= 0.3 is 0 Å². The van der Waals surface area contributed by atoms with Crippen LogP contribution in [0.1, 0.15) is 12.8 Å². The minimum absolute atomic E-state index is 0.205. The van der Waals surface area contributed by atoms with E-state index in [2.05, 4.69) is 32.7 Å². The number of hydrogen-bond acceptors (Lipinski definition) is 5. The van der Waals surface area contributed by atoms with Crippen LogP contribution in [-0.2, 0) is 22.7 Å². The van der Waals surface area contributed by atoms with Gasteiger partial charge in [0.15, 0.2) is 10.6 Å². The van der Waals surface area contributed by atoms with Crippen LogP contribution < -0.4 is 0 Å². The summed E-state index contributed by atoms with van der Waals surface area (Å²) in [5, 5.41) is 6.12. The van der Waals surface area contributed by atoms with Crippen LogP contribution in [-0.4, -0.2) is 63.2 Å². The Morgan fingerprint density at radius 2 is 2.04 bits per heavy atom. The van der Waals surface area contributed by atoms with Crippen molar-refractivity contribution < 1.29 is 9.47 Å². The van der Waals surface area contributed by atoms with Crippen LogP contribution in [0.5, 0.6) is 0 Å². The van der Waals surface area contributed by atoms with Crippen LogP contribution in [0.2, 0.25) is 0 Å². The number of para-hydroxylation sites is 1. The van der Waals surface area contributed by atoms with E-state index in [4.69, 9.17) is 26.8 Å². The number of nitrogens with zero attached hydrogens (tertiary/aromatic N) is 4. The van der Waals surface area contributed by atoms with E-state index in [0.29, 0.717) is 6.67 Å². The Hall–Kier alpha value is -2.00. The smallest absolute Gasteiger partial charge is 0.199 e. The Labute approximate surface area is 168 Å². The molecule has 2 aliphatic heterocycles. The summed E-state index contributed by atoms with van der Waals surface area (Å²) in [6, 6.07) is 8.31. The largest absolute Gasteiger partial charge is 0.379 e. The minimum Gasteiger partial charge on any atom is -0.379 e. The van der Waals surface area contributed by atoms with E-state index in [1.54, 1.807) is 0 Å². The molecule has 2 aromatic heterocycles. The van der Waals surface area contributed by atoms with Gasteiger partial charge in [-0.05, 0) is 31.1 Å². The number of rotatable bonds is 5. The van der Waals surface area contributed by atoms with Crippen molar-refractivity contribution in [2.45, 2.75) is 32.2 Å². The molecule has 5 rings (SSSR count). The maximum Gasteiger partial charge on any atom is 0.199 e. The van der Waals surface area contributed by atoms with Crippen LogP contribution in [0.15, 0.2) is 30.5 Å². The highest BCUT2D eigenvalue weighted by atomic mass is 32.1. The Balaban J connectivity index is 1.55. The summed E-state index contributed by atoms with van der Waals surface area (Å²) in [5.74, 6) is 0.909. The average Bonchev–Trinajstić information content (AvgIpc) is 3.45. The van der Waals surface area contributed by atoms with E-state index in [9.17, 15) is 0 Å². The van der Waals surface area contributed by atoms with Gasteiger partial charge in [0.05, 0.1) is 32.5 Å². The van der Waals surface area contributed by atoms with Crippen molar-refractivity contribution in [1.82, 2.24) is 24.2 Å². The molecule has 4 heterocycles. The van der Waals surface area contributed by atoms with Crippen LogP contribution in [0.4, 0.5) is 0 Å². The lowest BCUT2D eigenvalue weighted by atomic mass is 10.1. The zero-order valence-electron chi connectivity index (χ0n) is 15.8. The molecule has 7 nitrogen and oxygen atoms in total. The molecule has 0 aliphatic carbocycles. The summed E-state index contributed by atoms with van der Waals surface area (Å²) in [4.78, 5) is 5.70. The molecule has 2 aliphatic rings. The number of aromatic amines is 1. The third-order valence-corrected chi connectivity index (χ3v) is 6.03. The molecule has 0 saturated carbocycles. The van der Waals surface area contributed by atoms with Gasteiger partial charge < -0.3 is 14.5 Å². The normalized spacial score (nSPS) is 20.9. The fourth-order valence-corrected chi connectivity index (χ4v) is 4.34. The van der Waals surface area contributed by atoms with Gasteiger partial charge in [-0.2, -0.15) is 5.10 Å². The number of H-pyrrole nitrogens is 1. The van der Waals surface area contributed by atoms with Gasteiger partial charge in [0, 0.05) is 42.4 Å². The SMILES string of the molecule is S=c1n(CN2CCOCC2)nc(-c2c[nH]c3ccccc23)n1C[C@@H]1CCCO1. The highest BCUT2D eigenvalue weighted by molar-refractivity contribution is 7.71. The molecule has 2 fully saturated rings. The molecule has 0 amide bonds. The second-order valence-electron chi connectivity index (χ2n) is 7.47. The summed E-state index contributed by atoms with van der Waals surface area (Å²) >= 11 is 5.85. The lowest BCUT2D eigenvalue weighted by Crippen LogP contribution is -2.37. The Morgan fingerprint density at radius 3 is 2.86 bits per heavy atom. The zero-order chi connectivity index (χ0) is 18.9. The van der Waals surface area contributed by atoms with Crippen LogP contribution in [0.3, 0.4) is 0 Å². The van der Waals surface area contributed by atoms with E-state index in [0.717, 1.165) is 79.4 Å². The van der Waals surface area contributed by atoms with Crippen molar-refractivity contribution >= 4 is 23.1 Å². The van der Waals surface area contributed by atoms with Gasteiger partial charge in [-0.1, -0.05) is 18.2 Å². The summed E-state index contributed by atoms with van der Waals surface area (Å²) in [6.07, 6.45) is 4.43. The maximum atomic E-state index is 5.89. The summed E-state index contributed by atoms with van der Waals surface area (Å²) in [6.45, 7) is 5.61. The van der Waals surface area contributed by atoms with Gasteiger partial charge in [0.1, 0.15) is 0 Å². The lowest BCUT2D eigenvalue weighted by Gasteiger charge is -2.26. The number of ether oxygens (including phenoxy) is 2. The van der Waals surface area contributed by atoms with Gasteiger partial charge in [-0.3, -0.25) is 9.47 Å². The van der Waals surface area contributed by atoms with Gasteiger partial charge in [-0.15, -0.1) is 0 Å². The number of aromatic nitrogens is 4. The van der Waals surface area contributed by atoms with Gasteiger partial charge in [0.2, 0.25) is 0 Å². The molecule has 1 N–H and O–H groups in total. The first-order valence-corrected chi connectivity index (χ1v) is 10.4. The first-order chi connectivity index (χ1) is 13.8. The highest BCUT2D eigenvalue weighted by Gasteiger charge is 2.23. The van der Waals surface area contributed by atoms with E-state index >= 15 is 0 Å². The zero-order valence-corrected chi connectivity index (χ0v) is 16.7. The summed E-state index contributed by atoms with van der Waals surface area (Å²) in [5.41, 5.74) is 2.19. The fourth-order valence-electron chi connectivity index (χ4n) is 4.08. The van der Waals surface area contributed by atoms with Crippen molar-refractivity contribution in [3.8, 4) is 11.4 Å². The van der Waals surface area contributed by atoms with Crippen LogP contribution in [0.25, 0.3) is 22.3 Å². The molecule has 3 aromatic rings. The maximum absolute atomic E-state index is 5.89. The van der Waals surface area contributed by atoms with Crippen molar-refractivity contribution in [2.75, 3.05) is 32.9 Å². The molecular weight excluding hydrogens is 374 g/mol. The standard InChI is InChI=1S/C20H25N5O2S/c28-20-24(13-15-4-3-9-27-15)19(17-12-21-18-6-2-1-5-16(17)18)22-25(20)14-23-7-10-26-11-8-23/h1-2,5-6,12,15,21H,3-4,7-11,13-14H2/t15-/m0/s1. The number of benzene rings is 1. The number of nitrogens with one attached hydrogen (secondary N) is 1. The van der Waals surface area contributed by atoms with E-state index < -0.39 is 0 Å². The Bertz CT molecular complexity index is 1010. The summed E-state index contributed by atoms with van der Waals surface area (Å²) < 4.78 is 16.2. The van der Waals surface area contributed by atoms with Gasteiger partial charge in [0.25, 0.3) is 0 Å². The predicted molar refractivity (Wildman–Crippen MR) is 110 cm³/mol. The first-order valence-electron chi connectivity index (χ1n) is 9.95. The second-order valence-corrected chi connectivity index (χ2v) is 7.84. The first kappa shape index (κ1) is 18.1. The Kier molecular flexibility index (Phi) is 5.02. The molecule has 1 atom stereocenters. The quantitative estimate of drug-likeness (QED) is 0.669. The van der Waals surface area contributed by atoms with Crippen molar-refractivity contribution in [2.24, 2.45) is 0 Å². The van der Waals surface area contributed by atoms with Crippen molar-refractivity contribution in [3.05, 3.63) is 35.2 Å². The minimum atomic E-state index is 0.205. The van der Waals surface area contributed by atoms with Crippen LogP contribution in [0, 0.1) is 4.77 Å². The molecule has 0 bridgehead atoms. The third-order valence-electron chi connectivity index (χ3n) is 5.60. The van der Waals surface area contributed by atoms with Crippen molar-refractivity contribution in [1.29, 1.82) is 0 Å². The molecule has 8 heteroatoms. The van der Waals surface area contributed by atoms with E-state index in [1.165, 1.54) is 0 Å². The third kappa shape index (κ3) is 3.41. The molecular formula is C20H25N5O2S. The highest BCUT2D eigenvalue weighted by Crippen LogP contribution is 2.29. The number of hydrogen-bond donors (Lipinski definition) is 1. The van der Waals surface area contributed by atoms with Crippen molar-refractivity contribution in [3.63, 3.8) is 0 Å². The lowest BCUT2D eigenvalue weighted by molar-refractivity contribution is 0.0209. The predicted octanol–water partition coefficient (Wildman–Crippen LogP) is 3.03.